The Balaban J connectivity index is 1.93. The number of benzene rings is 2. The van der Waals surface area contributed by atoms with Crippen LogP contribution in [0, 0.1) is 45.1 Å². The van der Waals surface area contributed by atoms with Gasteiger partial charge in [-0.05, 0) is 12.1 Å². The molecule has 8 heteroatoms. The molecular formula is C24H20N2O6. The number of nitrogens with zero attached hydrogens (tertiary/aromatic N) is 2. The van der Waals surface area contributed by atoms with E-state index in [4.69, 9.17) is 14.6 Å². The van der Waals surface area contributed by atoms with Gasteiger partial charge in [-0.15, -0.1) is 0 Å². The Morgan fingerprint density at radius 1 is 1.12 bits per heavy atom. The molecule has 0 spiro atoms. The van der Waals surface area contributed by atoms with Crippen LogP contribution in [0.1, 0.15) is 36.0 Å². The second kappa shape index (κ2) is 12.4. The van der Waals surface area contributed by atoms with Gasteiger partial charge in [0.2, 0.25) is 6.10 Å². The third-order valence-electron chi connectivity index (χ3n) is 4.24. The minimum atomic E-state index is -1.15. The standard InChI is InChI=1S/C24H20N2O6/c1-18(22-13-4-5-14-23(22)26(29)30)17-31-24(28)32-21(16-25)12-6-10-19-8-2-3-9-20(19)11-7-15-27/h2-5,8-9,13-14,18,21,27H,12,15,17H2,1H3. The van der Waals surface area contributed by atoms with Gasteiger partial charge in [-0.2, -0.15) is 5.26 Å². The average Bonchev–Trinajstić information content (AvgIpc) is 2.81. The molecule has 1 N–H and O–H groups in total. The molecule has 162 valence electrons. The zero-order valence-electron chi connectivity index (χ0n) is 17.3. The minimum absolute atomic E-state index is 0.0485. The van der Waals surface area contributed by atoms with Crippen LogP contribution >= 0.6 is 0 Å². The molecule has 0 aliphatic carbocycles. The van der Waals surface area contributed by atoms with E-state index in [1.54, 1.807) is 49.4 Å². The van der Waals surface area contributed by atoms with Gasteiger partial charge in [0, 0.05) is 28.7 Å². The first-order valence-corrected chi connectivity index (χ1v) is 9.60. The number of ether oxygens (including phenoxy) is 2. The number of nitriles is 1. The molecule has 0 amide bonds. The summed E-state index contributed by atoms with van der Waals surface area (Å²) >= 11 is 0. The normalized spacial score (nSPS) is 11.4. The molecule has 32 heavy (non-hydrogen) atoms. The maximum absolute atomic E-state index is 12.0. The van der Waals surface area contributed by atoms with Crippen LogP contribution in [0.2, 0.25) is 0 Å². The van der Waals surface area contributed by atoms with Crippen molar-refractivity contribution in [2.45, 2.75) is 25.4 Å². The van der Waals surface area contributed by atoms with Gasteiger partial charge in [0.25, 0.3) is 5.69 Å². The highest BCUT2D eigenvalue weighted by Gasteiger charge is 2.21. The maximum atomic E-state index is 12.0. The molecule has 2 atom stereocenters. The van der Waals surface area contributed by atoms with Crippen molar-refractivity contribution in [2.75, 3.05) is 13.2 Å². The highest BCUT2D eigenvalue weighted by molar-refractivity contribution is 5.60. The third-order valence-corrected chi connectivity index (χ3v) is 4.24. The Morgan fingerprint density at radius 3 is 2.38 bits per heavy atom. The molecule has 0 radical (unpaired) electrons. The largest absolute Gasteiger partial charge is 0.509 e. The fourth-order valence-corrected chi connectivity index (χ4v) is 2.69. The van der Waals surface area contributed by atoms with Gasteiger partial charge in [-0.1, -0.05) is 60.9 Å². The summed E-state index contributed by atoms with van der Waals surface area (Å²) in [5, 5.41) is 29.2. The lowest BCUT2D eigenvalue weighted by Crippen LogP contribution is -2.19. The third kappa shape index (κ3) is 7.18. The van der Waals surface area contributed by atoms with E-state index in [9.17, 15) is 20.2 Å². The molecule has 0 fully saturated rings. The van der Waals surface area contributed by atoms with E-state index in [2.05, 4.69) is 23.7 Å². The van der Waals surface area contributed by atoms with E-state index in [1.165, 1.54) is 6.07 Å². The number of para-hydroxylation sites is 1. The highest BCUT2D eigenvalue weighted by Crippen LogP contribution is 2.26. The van der Waals surface area contributed by atoms with Crippen molar-refractivity contribution in [2.24, 2.45) is 0 Å². The summed E-state index contributed by atoms with van der Waals surface area (Å²) in [7, 11) is 0. The van der Waals surface area contributed by atoms with Crippen molar-refractivity contribution in [3.63, 3.8) is 0 Å². The number of hydrogen-bond donors (Lipinski definition) is 1. The van der Waals surface area contributed by atoms with Gasteiger partial charge in [-0.3, -0.25) is 10.1 Å². The summed E-state index contributed by atoms with van der Waals surface area (Å²) < 4.78 is 10.0. The first kappa shape index (κ1) is 24.0. The molecule has 0 heterocycles. The minimum Gasteiger partial charge on any atom is -0.434 e. The highest BCUT2D eigenvalue weighted by atomic mass is 16.7. The summed E-state index contributed by atoms with van der Waals surface area (Å²) in [4.78, 5) is 22.6. The number of rotatable bonds is 6. The Hall–Kier alpha value is -4.32. The van der Waals surface area contributed by atoms with Gasteiger partial charge in [0.1, 0.15) is 19.3 Å². The van der Waals surface area contributed by atoms with Crippen LogP contribution < -0.4 is 0 Å². The Kier molecular flexibility index (Phi) is 9.28. The lowest BCUT2D eigenvalue weighted by molar-refractivity contribution is -0.385. The SMILES string of the molecule is CC(COC(=O)OC(C#N)CC#Cc1ccccc1C#CCO)c1ccccc1[N+](=O)[O-]. The molecule has 0 aromatic heterocycles. The molecule has 0 saturated heterocycles. The van der Waals surface area contributed by atoms with Crippen LogP contribution in [0.3, 0.4) is 0 Å². The smallest absolute Gasteiger partial charge is 0.434 e. The van der Waals surface area contributed by atoms with Crippen LogP contribution in [0.4, 0.5) is 10.5 Å². The predicted molar refractivity (Wildman–Crippen MR) is 115 cm³/mol. The summed E-state index contributed by atoms with van der Waals surface area (Å²) in [6.45, 7) is 1.26. The van der Waals surface area contributed by atoms with Crippen LogP contribution in [-0.2, 0) is 9.47 Å². The summed E-state index contributed by atoms with van der Waals surface area (Å²) in [6, 6.07) is 15.1. The molecule has 2 aromatic carbocycles. The van der Waals surface area contributed by atoms with E-state index >= 15 is 0 Å². The first-order chi connectivity index (χ1) is 15.5. The summed E-state index contributed by atoms with van der Waals surface area (Å²) in [5.41, 5.74) is 1.61. The lowest BCUT2D eigenvalue weighted by Gasteiger charge is -2.13. The topological polar surface area (TPSA) is 123 Å². The molecule has 8 nitrogen and oxygen atoms in total. The molecule has 0 aliphatic heterocycles. The van der Waals surface area contributed by atoms with Gasteiger partial charge in [0.05, 0.1) is 11.3 Å². The first-order valence-electron chi connectivity index (χ1n) is 9.60. The maximum Gasteiger partial charge on any atom is 0.509 e. The van der Waals surface area contributed by atoms with E-state index < -0.39 is 23.1 Å². The van der Waals surface area contributed by atoms with Crippen LogP contribution in [0.5, 0.6) is 0 Å². The van der Waals surface area contributed by atoms with Gasteiger partial charge >= 0.3 is 6.16 Å². The molecule has 2 aromatic rings. The van der Waals surface area contributed by atoms with Crippen LogP contribution in [-0.4, -0.2) is 35.5 Å². The second-order valence-corrected chi connectivity index (χ2v) is 6.52. The number of aliphatic hydroxyl groups is 1. The average molecular weight is 432 g/mol. The number of carbonyl (C=O) groups is 1. The molecule has 2 unspecified atom stereocenters. The lowest BCUT2D eigenvalue weighted by atomic mass is 10.0. The molecule has 2 rings (SSSR count). The predicted octanol–water partition coefficient (Wildman–Crippen LogP) is 3.53. The number of nitro benzene ring substituents is 1. The zero-order valence-corrected chi connectivity index (χ0v) is 17.3. The van der Waals surface area contributed by atoms with Crippen molar-refractivity contribution in [1.29, 1.82) is 5.26 Å². The number of hydrogen-bond acceptors (Lipinski definition) is 7. The fraction of sp³-hybridized carbons (Fsp3) is 0.250. The van der Waals surface area contributed by atoms with Crippen molar-refractivity contribution in [1.82, 2.24) is 0 Å². The van der Waals surface area contributed by atoms with Crippen LogP contribution in [0.15, 0.2) is 48.5 Å². The van der Waals surface area contributed by atoms with Gasteiger partial charge < -0.3 is 14.6 Å². The Labute approximate surface area is 185 Å². The van der Waals surface area contributed by atoms with E-state index in [1.807, 2.05) is 6.07 Å². The van der Waals surface area contributed by atoms with Gasteiger partial charge in [-0.25, -0.2) is 4.79 Å². The molecule has 0 bridgehead atoms. The van der Waals surface area contributed by atoms with Crippen molar-refractivity contribution < 1.29 is 24.3 Å². The van der Waals surface area contributed by atoms with Crippen molar-refractivity contribution in [3.05, 3.63) is 75.3 Å². The summed E-state index contributed by atoms with van der Waals surface area (Å²) in [5.74, 6) is 10.5. The number of aliphatic hydroxyl groups excluding tert-OH is 1. The Bertz CT molecular complexity index is 1130. The van der Waals surface area contributed by atoms with E-state index in [0.29, 0.717) is 16.7 Å². The Morgan fingerprint density at radius 2 is 1.75 bits per heavy atom. The summed E-state index contributed by atoms with van der Waals surface area (Å²) in [6.07, 6.45) is -2.25. The van der Waals surface area contributed by atoms with E-state index in [0.717, 1.165) is 0 Å². The van der Waals surface area contributed by atoms with Crippen molar-refractivity contribution in [3.8, 4) is 29.8 Å². The zero-order chi connectivity index (χ0) is 23.3. The fourth-order valence-electron chi connectivity index (χ4n) is 2.69. The van der Waals surface area contributed by atoms with Crippen LogP contribution in [0.25, 0.3) is 0 Å². The van der Waals surface area contributed by atoms with E-state index in [-0.39, 0.29) is 25.3 Å². The number of nitro groups is 1. The van der Waals surface area contributed by atoms with Gasteiger partial charge in [0.15, 0.2) is 0 Å². The number of carbonyl (C=O) groups excluding carboxylic acids is 1. The quantitative estimate of drug-likeness (QED) is 0.321. The molecule has 0 saturated carbocycles. The molecular weight excluding hydrogens is 412 g/mol. The monoisotopic (exact) mass is 432 g/mol. The van der Waals surface area contributed by atoms with Crippen molar-refractivity contribution >= 4 is 11.8 Å². The second-order valence-electron chi connectivity index (χ2n) is 6.52. The molecule has 0 aliphatic rings.